The third-order valence-corrected chi connectivity index (χ3v) is 4.75. The molecule has 0 saturated heterocycles. The lowest BCUT2D eigenvalue weighted by Gasteiger charge is -2.11. The minimum atomic E-state index is -3.50. The number of rotatable bonds is 6. The van der Waals surface area contributed by atoms with Crippen LogP contribution in [0.3, 0.4) is 0 Å². The summed E-state index contributed by atoms with van der Waals surface area (Å²) in [5, 5.41) is 13.5. The van der Waals surface area contributed by atoms with Crippen LogP contribution in [0.25, 0.3) is 0 Å². The molecule has 0 aliphatic carbocycles. The van der Waals surface area contributed by atoms with Crippen LogP contribution < -0.4 is 10.5 Å². The maximum Gasteiger partial charge on any atom is 0.215 e. The summed E-state index contributed by atoms with van der Waals surface area (Å²) in [4.78, 5) is 0. The number of benzene rings is 1. The Morgan fingerprint density at radius 2 is 2.15 bits per heavy atom. The molecule has 2 rings (SSSR count). The van der Waals surface area contributed by atoms with E-state index < -0.39 is 16.1 Å². The van der Waals surface area contributed by atoms with Gasteiger partial charge in [0.05, 0.1) is 11.9 Å². The van der Waals surface area contributed by atoms with Gasteiger partial charge < -0.3 is 10.8 Å². The molecule has 4 N–H and O–H groups in total. The van der Waals surface area contributed by atoms with E-state index in [1.54, 1.807) is 35.7 Å². The Morgan fingerprint density at radius 1 is 1.35 bits per heavy atom. The number of aliphatic hydroxyl groups is 1. The number of nitrogens with one attached hydrogen (secondary N) is 1. The molecule has 1 aromatic heterocycles. The maximum atomic E-state index is 11.9. The van der Waals surface area contributed by atoms with Crippen LogP contribution in [-0.2, 0) is 15.8 Å². The van der Waals surface area contributed by atoms with Gasteiger partial charge in [-0.2, -0.15) is 11.3 Å². The topological polar surface area (TPSA) is 92.4 Å². The Kier molecular flexibility index (Phi) is 4.77. The summed E-state index contributed by atoms with van der Waals surface area (Å²) in [6, 6.07) is 8.49. The van der Waals surface area contributed by atoms with Crippen molar-refractivity contribution < 1.29 is 13.5 Å². The fourth-order valence-electron chi connectivity index (χ4n) is 1.74. The molecule has 1 atom stereocenters. The standard InChI is InChI=1S/C13H16N2O3S2/c14-12-3-1-2-10(6-12)9-20(17,18)15-7-13(16)11-4-5-19-8-11/h1-6,8,13,15-16H,7,9,14H2. The molecule has 20 heavy (non-hydrogen) atoms. The highest BCUT2D eigenvalue weighted by atomic mass is 32.2. The first kappa shape index (κ1) is 15.0. The summed E-state index contributed by atoms with van der Waals surface area (Å²) in [7, 11) is -3.50. The monoisotopic (exact) mass is 312 g/mol. The number of nitrogens with two attached hydrogens (primary N) is 1. The van der Waals surface area contributed by atoms with Crippen molar-refractivity contribution in [2.75, 3.05) is 12.3 Å². The Hall–Kier alpha value is -1.41. The third-order valence-electron chi connectivity index (χ3n) is 2.73. The highest BCUT2D eigenvalue weighted by Gasteiger charge is 2.15. The van der Waals surface area contributed by atoms with E-state index in [-0.39, 0.29) is 12.3 Å². The first-order valence-corrected chi connectivity index (χ1v) is 8.58. The second kappa shape index (κ2) is 6.36. The van der Waals surface area contributed by atoms with Gasteiger partial charge in [-0.15, -0.1) is 0 Å². The predicted molar refractivity (Wildman–Crippen MR) is 80.8 cm³/mol. The van der Waals surface area contributed by atoms with Crippen LogP contribution in [-0.4, -0.2) is 20.1 Å². The van der Waals surface area contributed by atoms with E-state index in [1.807, 2.05) is 5.38 Å². The van der Waals surface area contributed by atoms with Crippen LogP contribution in [0.5, 0.6) is 0 Å². The van der Waals surface area contributed by atoms with Crippen molar-refractivity contribution in [1.29, 1.82) is 0 Å². The normalized spacial score (nSPS) is 13.2. The molecule has 0 radical (unpaired) electrons. The summed E-state index contributed by atoms with van der Waals surface area (Å²) in [6.45, 7) is -0.0403. The van der Waals surface area contributed by atoms with Gasteiger partial charge >= 0.3 is 0 Å². The van der Waals surface area contributed by atoms with Crippen molar-refractivity contribution in [3.05, 3.63) is 52.2 Å². The zero-order valence-corrected chi connectivity index (χ0v) is 12.3. The molecule has 0 bridgehead atoms. The lowest BCUT2D eigenvalue weighted by molar-refractivity contribution is 0.182. The number of aliphatic hydroxyl groups excluding tert-OH is 1. The van der Waals surface area contributed by atoms with E-state index in [2.05, 4.69) is 4.72 Å². The van der Waals surface area contributed by atoms with E-state index in [0.717, 1.165) is 0 Å². The molecule has 0 aliphatic rings. The summed E-state index contributed by atoms with van der Waals surface area (Å²) in [6.07, 6.45) is -0.836. The molecule has 1 heterocycles. The van der Waals surface area contributed by atoms with Crippen LogP contribution in [0.1, 0.15) is 17.2 Å². The van der Waals surface area contributed by atoms with Crippen LogP contribution in [0.15, 0.2) is 41.1 Å². The van der Waals surface area contributed by atoms with E-state index >= 15 is 0 Å². The zero-order chi connectivity index (χ0) is 14.6. The molecule has 0 aliphatic heterocycles. The summed E-state index contributed by atoms with van der Waals surface area (Å²) < 4.78 is 26.3. The average Bonchev–Trinajstić information content (AvgIpc) is 2.89. The lowest BCUT2D eigenvalue weighted by Crippen LogP contribution is -2.29. The zero-order valence-electron chi connectivity index (χ0n) is 10.7. The number of thiophene rings is 1. The lowest BCUT2D eigenvalue weighted by atomic mass is 10.2. The van der Waals surface area contributed by atoms with E-state index in [9.17, 15) is 13.5 Å². The number of hydrogen-bond acceptors (Lipinski definition) is 5. The molecular formula is C13H16N2O3S2. The molecule has 2 aromatic rings. The van der Waals surface area contributed by atoms with Gasteiger partial charge in [-0.3, -0.25) is 0 Å². The number of anilines is 1. The van der Waals surface area contributed by atoms with Gasteiger partial charge in [0, 0.05) is 12.2 Å². The van der Waals surface area contributed by atoms with Crippen LogP contribution in [0, 0.1) is 0 Å². The van der Waals surface area contributed by atoms with Crippen LogP contribution >= 0.6 is 11.3 Å². The third kappa shape index (κ3) is 4.31. The smallest absolute Gasteiger partial charge is 0.215 e. The molecule has 0 spiro atoms. The molecule has 7 heteroatoms. The van der Waals surface area contributed by atoms with Crippen molar-refractivity contribution in [3.63, 3.8) is 0 Å². The van der Waals surface area contributed by atoms with Crippen LogP contribution in [0.2, 0.25) is 0 Å². The van der Waals surface area contributed by atoms with Crippen molar-refractivity contribution in [2.45, 2.75) is 11.9 Å². The summed E-state index contributed by atoms with van der Waals surface area (Å²) in [5.74, 6) is -0.158. The molecule has 0 amide bonds. The second-order valence-corrected chi connectivity index (χ2v) is 7.01. The molecule has 0 fully saturated rings. The fourth-order valence-corrected chi connectivity index (χ4v) is 3.58. The molecule has 5 nitrogen and oxygen atoms in total. The second-order valence-electron chi connectivity index (χ2n) is 4.43. The van der Waals surface area contributed by atoms with Gasteiger partial charge in [0.2, 0.25) is 10.0 Å². The van der Waals surface area contributed by atoms with E-state index in [4.69, 9.17) is 5.73 Å². The van der Waals surface area contributed by atoms with Gasteiger partial charge in [-0.05, 0) is 40.1 Å². The summed E-state index contributed by atoms with van der Waals surface area (Å²) >= 11 is 1.45. The molecular weight excluding hydrogens is 296 g/mol. The summed E-state index contributed by atoms with van der Waals surface area (Å²) in [5.41, 5.74) is 7.46. The van der Waals surface area contributed by atoms with Gasteiger partial charge in [-0.1, -0.05) is 12.1 Å². The minimum Gasteiger partial charge on any atom is -0.399 e. The Labute approximate surface area is 122 Å². The van der Waals surface area contributed by atoms with Crippen LogP contribution in [0.4, 0.5) is 5.69 Å². The van der Waals surface area contributed by atoms with Crippen molar-refractivity contribution >= 4 is 27.0 Å². The molecule has 0 saturated carbocycles. The minimum absolute atomic E-state index is 0.0403. The predicted octanol–water partition coefficient (Wildman–Crippen LogP) is 1.48. The van der Waals surface area contributed by atoms with E-state index in [0.29, 0.717) is 16.8 Å². The Bertz CT molecular complexity index is 654. The Balaban J connectivity index is 1.94. The van der Waals surface area contributed by atoms with Crippen molar-refractivity contribution in [2.24, 2.45) is 0 Å². The average molecular weight is 312 g/mol. The van der Waals surface area contributed by atoms with Crippen molar-refractivity contribution in [1.82, 2.24) is 4.72 Å². The molecule has 108 valence electrons. The first-order valence-electron chi connectivity index (χ1n) is 5.98. The number of sulfonamides is 1. The first-order chi connectivity index (χ1) is 9.46. The number of hydrogen-bond donors (Lipinski definition) is 3. The van der Waals surface area contributed by atoms with Gasteiger partial charge in [0.25, 0.3) is 0 Å². The van der Waals surface area contributed by atoms with Crippen molar-refractivity contribution in [3.8, 4) is 0 Å². The number of nitrogen functional groups attached to an aromatic ring is 1. The largest absolute Gasteiger partial charge is 0.399 e. The van der Waals surface area contributed by atoms with Gasteiger partial charge in [0.1, 0.15) is 0 Å². The SMILES string of the molecule is Nc1cccc(CS(=O)(=O)NCC(O)c2ccsc2)c1. The van der Waals surface area contributed by atoms with Gasteiger partial charge in [-0.25, -0.2) is 13.1 Å². The Morgan fingerprint density at radius 3 is 2.80 bits per heavy atom. The highest BCUT2D eigenvalue weighted by Crippen LogP contribution is 2.16. The van der Waals surface area contributed by atoms with Gasteiger partial charge in [0.15, 0.2) is 0 Å². The maximum absolute atomic E-state index is 11.9. The van der Waals surface area contributed by atoms with E-state index in [1.165, 1.54) is 11.3 Å². The molecule has 1 aromatic carbocycles. The molecule has 1 unspecified atom stereocenters. The fraction of sp³-hybridized carbons (Fsp3) is 0.231. The highest BCUT2D eigenvalue weighted by molar-refractivity contribution is 7.88. The quantitative estimate of drug-likeness (QED) is 0.705.